The summed E-state index contributed by atoms with van der Waals surface area (Å²) in [6.07, 6.45) is 2.08. The molecule has 0 spiro atoms. The van der Waals surface area contributed by atoms with E-state index in [-0.39, 0.29) is 10.5 Å². The van der Waals surface area contributed by atoms with Gasteiger partial charge in [-0.3, -0.25) is 9.59 Å². The highest BCUT2D eigenvalue weighted by molar-refractivity contribution is 7.90. The molecule has 0 saturated heterocycles. The number of carboxylic acid groups (broad SMARTS) is 1. The standard InChI is InChI=1S/C7H5NO3S.C5H10O2/c9-7-5-3-1-2-4-6(5)12(10,11)8-7;1-2-3-4-5(6)7/h1-4H,(H,8,9);2-4H2,1H3,(H,6,7). The van der Waals surface area contributed by atoms with E-state index in [4.69, 9.17) is 5.11 Å². The molecule has 0 aliphatic carbocycles. The number of fused-ring (bicyclic) bond motifs is 1. The van der Waals surface area contributed by atoms with E-state index < -0.39 is 21.9 Å². The van der Waals surface area contributed by atoms with E-state index in [1.807, 2.05) is 11.6 Å². The molecular formula is C12H15NO5S. The first-order valence-corrected chi connectivity index (χ1v) is 7.24. The maximum absolute atomic E-state index is 11.1. The van der Waals surface area contributed by atoms with Crippen molar-refractivity contribution in [3.63, 3.8) is 0 Å². The summed E-state index contributed by atoms with van der Waals surface area (Å²) in [5, 5.41) is 8.04. The van der Waals surface area contributed by atoms with Crippen molar-refractivity contribution in [2.45, 2.75) is 31.1 Å². The first kappa shape index (κ1) is 15.2. The van der Waals surface area contributed by atoms with Crippen LogP contribution >= 0.6 is 0 Å². The zero-order chi connectivity index (χ0) is 14.5. The van der Waals surface area contributed by atoms with Gasteiger partial charge in [-0.15, -0.1) is 0 Å². The Morgan fingerprint density at radius 1 is 1.32 bits per heavy atom. The predicted octanol–water partition coefficient (Wildman–Crippen LogP) is 1.38. The Hall–Kier alpha value is -1.89. The molecule has 0 saturated carbocycles. The number of aliphatic carboxylic acids is 1. The lowest BCUT2D eigenvalue weighted by atomic mass is 10.2. The van der Waals surface area contributed by atoms with Crippen LogP contribution in [0.25, 0.3) is 0 Å². The molecule has 1 amide bonds. The van der Waals surface area contributed by atoms with Crippen molar-refractivity contribution in [2.24, 2.45) is 0 Å². The smallest absolute Gasteiger partial charge is 0.303 e. The Morgan fingerprint density at radius 3 is 2.42 bits per heavy atom. The van der Waals surface area contributed by atoms with Crippen LogP contribution in [0.1, 0.15) is 36.5 Å². The summed E-state index contributed by atoms with van der Waals surface area (Å²) in [7, 11) is -3.55. The van der Waals surface area contributed by atoms with Gasteiger partial charge in [0.05, 0.1) is 5.56 Å². The second-order valence-electron chi connectivity index (χ2n) is 3.93. The molecular weight excluding hydrogens is 270 g/mol. The fraction of sp³-hybridized carbons (Fsp3) is 0.333. The number of sulfonamides is 1. The third-order valence-electron chi connectivity index (χ3n) is 2.39. The van der Waals surface area contributed by atoms with Gasteiger partial charge in [-0.2, -0.15) is 0 Å². The molecule has 0 bridgehead atoms. The van der Waals surface area contributed by atoms with Crippen molar-refractivity contribution in [1.29, 1.82) is 0 Å². The number of hydrogen-bond acceptors (Lipinski definition) is 4. The quantitative estimate of drug-likeness (QED) is 0.873. The maximum atomic E-state index is 11.1. The van der Waals surface area contributed by atoms with Gasteiger partial charge in [0, 0.05) is 6.42 Å². The van der Waals surface area contributed by atoms with Gasteiger partial charge in [-0.25, -0.2) is 13.1 Å². The van der Waals surface area contributed by atoms with E-state index in [0.29, 0.717) is 6.42 Å². The zero-order valence-electron chi connectivity index (χ0n) is 10.4. The number of nitrogens with one attached hydrogen (secondary N) is 1. The topological polar surface area (TPSA) is 101 Å². The summed E-state index contributed by atoms with van der Waals surface area (Å²) in [5.74, 6) is -1.24. The van der Waals surface area contributed by atoms with Gasteiger partial charge in [0.1, 0.15) is 4.90 Å². The van der Waals surface area contributed by atoms with Crippen LogP contribution in [0.4, 0.5) is 0 Å². The van der Waals surface area contributed by atoms with Crippen molar-refractivity contribution in [2.75, 3.05) is 0 Å². The molecule has 104 valence electrons. The number of carbonyl (C=O) groups excluding carboxylic acids is 1. The van der Waals surface area contributed by atoms with Crippen LogP contribution in [0, 0.1) is 0 Å². The average molecular weight is 285 g/mol. The van der Waals surface area contributed by atoms with Gasteiger partial charge in [0.25, 0.3) is 15.9 Å². The molecule has 0 aromatic heterocycles. The molecule has 2 rings (SSSR count). The van der Waals surface area contributed by atoms with E-state index in [2.05, 4.69) is 0 Å². The van der Waals surface area contributed by atoms with E-state index in [9.17, 15) is 18.0 Å². The highest BCUT2D eigenvalue weighted by Crippen LogP contribution is 2.20. The largest absolute Gasteiger partial charge is 0.481 e. The first-order valence-electron chi connectivity index (χ1n) is 5.76. The molecule has 1 aromatic rings. The minimum atomic E-state index is -3.55. The number of unbranched alkanes of at least 4 members (excludes halogenated alkanes) is 1. The van der Waals surface area contributed by atoms with Crippen molar-refractivity contribution >= 4 is 21.9 Å². The monoisotopic (exact) mass is 285 g/mol. The van der Waals surface area contributed by atoms with Crippen LogP contribution < -0.4 is 4.72 Å². The molecule has 1 aliphatic rings. The van der Waals surface area contributed by atoms with E-state index in [1.54, 1.807) is 12.1 Å². The minimum Gasteiger partial charge on any atom is -0.481 e. The van der Waals surface area contributed by atoms with Gasteiger partial charge in [0.2, 0.25) is 0 Å². The Labute approximate surface area is 111 Å². The molecule has 1 heterocycles. The first-order chi connectivity index (χ1) is 8.88. The number of benzene rings is 1. The summed E-state index contributed by atoms with van der Waals surface area (Å²) >= 11 is 0. The van der Waals surface area contributed by atoms with Crippen molar-refractivity contribution in [3.05, 3.63) is 29.8 Å². The van der Waals surface area contributed by atoms with Crippen LogP contribution in [0.5, 0.6) is 0 Å². The van der Waals surface area contributed by atoms with Crippen molar-refractivity contribution in [1.82, 2.24) is 4.72 Å². The lowest BCUT2D eigenvalue weighted by molar-refractivity contribution is -0.137. The van der Waals surface area contributed by atoms with E-state index in [1.165, 1.54) is 12.1 Å². The van der Waals surface area contributed by atoms with Gasteiger partial charge in [0.15, 0.2) is 0 Å². The Kier molecular flexibility index (Phi) is 5.05. The van der Waals surface area contributed by atoms with Crippen molar-refractivity contribution < 1.29 is 23.1 Å². The van der Waals surface area contributed by atoms with E-state index >= 15 is 0 Å². The molecule has 6 nitrogen and oxygen atoms in total. The van der Waals surface area contributed by atoms with Gasteiger partial charge in [-0.1, -0.05) is 25.5 Å². The van der Waals surface area contributed by atoms with E-state index in [0.717, 1.165) is 12.8 Å². The fourth-order valence-electron chi connectivity index (χ4n) is 1.45. The SMILES string of the molecule is CCCCC(=O)O.O=C1NS(=O)(=O)c2ccccc21. The van der Waals surface area contributed by atoms with Crippen LogP contribution in [0.3, 0.4) is 0 Å². The summed E-state index contributed by atoms with van der Waals surface area (Å²) in [6, 6.07) is 6.09. The van der Waals surface area contributed by atoms with Crippen LogP contribution in [-0.2, 0) is 14.8 Å². The lowest BCUT2D eigenvalue weighted by Crippen LogP contribution is -2.20. The predicted molar refractivity (Wildman–Crippen MR) is 68.3 cm³/mol. The molecule has 0 unspecified atom stereocenters. The van der Waals surface area contributed by atoms with Crippen molar-refractivity contribution in [3.8, 4) is 0 Å². The molecule has 2 N–H and O–H groups in total. The minimum absolute atomic E-state index is 0.0648. The lowest BCUT2D eigenvalue weighted by Gasteiger charge is -1.91. The summed E-state index contributed by atoms with van der Waals surface area (Å²) in [5.41, 5.74) is 0.220. The maximum Gasteiger partial charge on any atom is 0.303 e. The number of carboxylic acids is 1. The number of hydrogen-bond donors (Lipinski definition) is 2. The zero-order valence-corrected chi connectivity index (χ0v) is 11.2. The molecule has 1 aliphatic heterocycles. The molecule has 19 heavy (non-hydrogen) atoms. The number of carbonyl (C=O) groups is 2. The summed E-state index contributed by atoms with van der Waals surface area (Å²) in [6.45, 7) is 1.98. The summed E-state index contributed by atoms with van der Waals surface area (Å²) < 4.78 is 24.2. The molecule has 1 aromatic carbocycles. The summed E-state index contributed by atoms with van der Waals surface area (Å²) in [4.78, 5) is 20.8. The Morgan fingerprint density at radius 2 is 1.95 bits per heavy atom. The molecule has 0 fully saturated rings. The second kappa shape index (κ2) is 6.33. The molecule has 0 radical (unpaired) electrons. The van der Waals surface area contributed by atoms with Crippen LogP contribution in [0.15, 0.2) is 29.2 Å². The Bertz CT molecular complexity index is 580. The third kappa shape index (κ3) is 4.06. The highest BCUT2D eigenvalue weighted by atomic mass is 32.2. The third-order valence-corrected chi connectivity index (χ3v) is 3.78. The van der Waals surface area contributed by atoms with Crippen LogP contribution in [0.2, 0.25) is 0 Å². The Balaban J connectivity index is 0.000000224. The molecule has 0 atom stereocenters. The van der Waals surface area contributed by atoms with Gasteiger partial charge in [-0.05, 0) is 18.6 Å². The highest BCUT2D eigenvalue weighted by Gasteiger charge is 2.31. The number of amides is 1. The molecule has 7 heteroatoms. The normalized spacial score (nSPS) is 14.9. The second-order valence-corrected chi connectivity index (χ2v) is 5.58. The van der Waals surface area contributed by atoms with Gasteiger partial charge < -0.3 is 5.11 Å². The van der Waals surface area contributed by atoms with Gasteiger partial charge >= 0.3 is 5.97 Å². The average Bonchev–Trinajstić information content (AvgIpc) is 2.59. The number of rotatable bonds is 3. The van der Waals surface area contributed by atoms with Crippen LogP contribution in [-0.4, -0.2) is 25.4 Å². The fourth-order valence-corrected chi connectivity index (χ4v) is 2.62.